The Kier molecular flexibility index (Phi) is 5.34. The molecule has 0 aliphatic carbocycles. The van der Waals surface area contributed by atoms with E-state index in [-0.39, 0.29) is 23.5 Å². The summed E-state index contributed by atoms with van der Waals surface area (Å²) in [6, 6.07) is 4.54. The van der Waals surface area contributed by atoms with Crippen LogP contribution in [0, 0.1) is 5.92 Å². The van der Waals surface area contributed by atoms with Crippen molar-refractivity contribution < 1.29 is 13.5 Å². The second-order valence-corrected chi connectivity index (χ2v) is 6.47. The Hall–Kier alpha value is -1.11. The number of nitrogen functional groups attached to an aromatic ring is 1. The van der Waals surface area contributed by atoms with Gasteiger partial charge in [0.25, 0.3) is 0 Å². The molecule has 2 atom stereocenters. The molecule has 0 radical (unpaired) electrons. The van der Waals surface area contributed by atoms with Crippen molar-refractivity contribution in [3.05, 3.63) is 23.8 Å². The van der Waals surface area contributed by atoms with E-state index in [0.717, 1.165) is 5.56 Å². The summed E-state index contributed by atoms with van der Waals surface area (Å²) < 4.78 is 27.3. The molecule has 19 heavy (non-hydrogen) atoms. The van der Waals surface area contributed by atoms with Crippen molar-refractivity contribution in [2.75, 3.05) is 12.3 Å². The maximum Gasteiger partial charge on any atom is 0.241 e. The molecule has 6 heteroatoms. The summed E-state index contributed by atoms with van der Waals surface area (Å²) in [5.74, 6) is -0.152. The zero-order valence-corrected chi connectivity index (χ0v) is 12.4. The van der Waals surface area contributed by atoms with E-state index in [9.17, 15) is 8.42 Å². The van der Waals surface area contributed by atoms with Crippen LogP contribution in [0.1, 0.15) is 26.3 Å². The first-order chi connectivity index (χ1) is 8.81. The first kappa shape index (κ1) is 15.9. The van der Waals surface area contributed by atoms with Gasteiger partial charge in [0.05, 0.1) is 4.90 Å². The second-order valence-electron chi connectivity index (χ2n) is 4.79. The van der Waals surface area contributed by atoms with Crippen molar-refractivity contribution >= 4 is 15.7 Å². The van der Waals surface area contributed by atoms with Crippen LogP contribution in [-0.2, 0) is 16.4 Å². The number of aliphatic hydroxyl groups excluding tert-OH is 1. The van der Waals surface area contributed by atoms with Gasteiger partial charge in [-0.25, -0.2) is 13.1 Å². The van der Waals surface area contributed by atoms with Crippen LogP contribution < -0.4 is 10.5 Å². The largest absolute Gasteiger partial charge is 0.399 e. The minimum atomic E-state index is -3.62. The van der Waals surface area contributed by atoms with Crippen molar-refractivity contribution in [2.45, 2.75) is 38.1 Å². The van der Waals surface area contributed by atoms with Gasteiger partial charge in [0.2, 0.25) is 10.0 Å². The number of anilines is 1. The highest BCUT2D eigenvalue weighted by Crippen LogP contribution is 2.20. The smallest absolute Gasteiger partial charge is 0.241 e. The zero-order chi connectivity index (χ0) is 14.6. The molecule has 0 heterocycles. The minimum absolute atomic E-state index is 0.0682. The molecular formula is C13H22N2O3S. The SMILES string of the molecule is CCc1ccc(N)cc1S(=O)(=O)NC(C)C(C)CO. The summed E-state index contributed by atoms with van der Waals surface area (Å²) in [7, 11) is -3.62. The van der Waals surface area contributed by atoms with Crippen LogP contribution in [0.5, 0.6) is 0 Å². The fourth-order valence-corrected chi connectivity index (χ4v) is 3.39. The number of hydrogen-bond donors (Lipinski definition) is 3. The Morgan fingerprint density at radius 1 is 1.37 bits per heavy atom. The summed E-state index contributed by atoms with van der Waals surface area (Å²) in [5, 5.41) is 9.06. The van der Waals surface area contributed by atoms with E-state index >= 15 is 0 Å². The molecule has 0 aromatic heterocycles. The number of rotatable bonds is 6. The molecule has 2 unspecified atom stereocenters. The first-order valence-electron chi connectivity index (χ1n) is 6.33. The lowest BCUT2D eigenvalue weighted by atomic mass is 10.1. The predicted octanol–water partition coefficient (Wildman–Crippen LogP) is 1.13. The number of nitrogens with two attached hydrogens (primary N) is 1. The van der Waals surface area contributed by atoms with Crippen LogP contribution in [0.4, 0.5) is 5.69 Å². The van der Waals surface area contributed by atoms with Crippen molar-refractivity contribution in [2.24, 2.45) is 5.92 Å². The molecule has 0 fully saturated rings. The molecule has 1 rings (SSSR count). The van der Waals surface area contributed by atoms with Crippen LogP contribution in [0.15, 0.2) is 23.1 Å². The third-order valence-electron chi connectivity index (χ3n) is 3.24. The van der Waals surface area contributed by atoms with E-state index in [4.69, 9.17) is 10.8 Å². The summed E-state index contributed by atoms with van der Waals surface area (Å²) in [6.45, 7) is 5.34. The monoisotopic (exact) mass is 286 g/mol. The average Bonchev–Trinajstić information content (AvgIpc) is 2.37. The lowest BCUT2D eigenvalue weighted by molar-refractivity contribution is 0.216. The van der Waals surface area contributed by atoms with E-state index in [1.165, 1.54) is 6.07 Å². The second kappa shape index (κ2) is 6.36. The topological polar surface area (TPSA) is 92.4 Å². The van der Waals surface area contributed by atoms with Crippen molar-refractivity contribution in [1.82, 2.24) is 4.72 Å². The Balaban J connectivity index is 3.10. The maximum absolute atomic E-state index is 12.3. The molecule has 1 aromatic rings. The molecule has 4 N–H and O–H groups in total. The molecule has 0 amide bonds. The average molecular weight is 286 g/mol. The van der Waals surface area contributed by atoms with Gasteiger partial charge in [-0.3, -0.25) is 0 Å². The van der Waals surface area contributed by atoms with Gasteiger partial charge in [-0.1, -0.05) is 19.9 Å². The quantitative estimate of drug-likeness (QED) is 0.683. The number of benzene rings is 1. The molecule has 0 aliphatic rings. The molecule has 0 saturated heterocycles. The lowest BCUT2D eigenvalue weighted by Crippen LogP contribution is -2.38. The van der Waals surface area contributed by atoms with Crippen LogP contribution in [0.25, 0.3) is 0 Å². The lowest BCUT2D eigenvalue weighted by Gasteiger charge is -2.20. The molecule has 0 aliphatic heterocycles. The highest BCUT2D eigenvalue weighted by Gasteiger charge is 2.23. The normalized spacial score (nSPS) is 15.2. The number of aliphatic hydroxyl groups is 1. The van der Waals surface area contributed by atoms with Gasteiger partial charge in [0.1, 0.15) is 0 Å². The fraction of sp³-hybridized carbons (Fsp3) is 0.538. The Labute approximate surface area is 114 Å². The predicted molar refractivity (Wildman–Crippen MR) is 76.3 cm³/mol. The summed E-state index contributed by atoms with van der Waals surface area (Å²) in [4.78, 5) is 0.215. The van der Waals surface area contributed by atoms with Crippen LogP contribution in [-0.4, -0.2) is 26.2 Å². The van der Waals surface area contributed by atoms with Gasteiger partial charge in [-0.05, 0) is 37.0 Å². The van der Waals surface area contributed by atoms with Crippen LogP contribution >= 0.6 is 0 Å². The van der Waals surface area contributed by atoms with E-state index < -0.39 is 10.0 Å². The van der Waals surface area contributed by atoms with E-state index in [0.29, 0.717) is 12.1 Å². The van der Waals surface area contributed by atoms with Crippen molar-refractivity contribution in [3.63, 3.8) is 0 Å². The highest BCUT2D eigenvalue weighted by atomic mass is 32.2. The van der Waals surface area contributed by atoms with Gasteiger partial charge in [0, 0.05) is 18.3 Å². The number of sulfonamides is 1. The Bertz CT molecular complexity index is 529. The standard InChI is InChI=1S/C13H22N2O3S/c1-4-11-5-6-12(14)7-13(11)19(17,18)15-10(3)9(2)8-16/h5-7,9-10,15-16H,4,8,14H2,1-3H3. The van der Waals surface area contributed by atoms with Gasteiger partial charge in [0.15, 0.2) is 0 Å². The minimum Gasteiger partial charge on any atom is -0.399 e. The molecule has 1 aromatic carbocycles. The van der Waals surface area contributed by atoms with Crippen LogP contribution in [0.3, 0.4) is 0 Å². The third-order valence-corrected chi connectivity index (χ3v) is 4.89. The molecule has 0 spiro atoms. The Morgan fingerprint density at radius 2 is 2.00 bits per heavy atom. The van der Waals surface area contributed by atoms with Crippen molar-refractivity contribution in [3.8, 4) is 0 Å². The Morgan fingerprint density at radius 3 is 2.53 bits per heavy atom. The summed E-state index contributed by atoms with van der Waals surface area (Å²) in [6.07, 6.45) is 0.612. The van der Waals surface area contributed by atoms with E-state index in [2.05, 4.69) is 4.72 Å². The van der Waals surface area contributed by atoms with E-state index in [1.807, 2.05) is 6.92 Å². The fourth-order valence-electron chi connectivity index (χ4n) is 1.70. The molecular weight excluding hydrogens is 264 g/mol. The number of hydrogen-bond acceptors (Lipinski definition) is 4. The number of nitrogens with one attached hydrogen (secondary N) is 1. The van der Waals surface area contributed by atoms with Gasteiger partial charge < -0.3 is 10.8 Å². The zero-order valence-electron chi connectivity index (χ0n) is 11.6. The molecule has 5 nitrogen and oxygen atoms in total. The number of aryl methyl sites for hydroxylation is 1. The molecule has 0 saturated carbocycles. The van der Waals surface area contributed by atoms with Gasteiger partial charge in [-0.15, -0.1) is 0 Å². The summed E-state index contributed by atoms with van der Waals surface area (Å²) in [5.41, 5.74) is 6.81. The molecule has 0 bridgehead atoms. The van der Waals surface area contributed by atoms with Crippen LogP contribution in [0.2, 0.25) is 0 Å². The molecule has 108 valence electrons. The van der Waals surface area contributed by atoms with Gasteiger partial charge in [-0.2, -0.15) is 0 Å². The summed E-state index contributed by atoms with van der Waals surface area (Å²) >= 11 is 0. The third kappa shape index (κ3) is 3.92. The highest BCUT2D eigenvalue weighted by molar-refractivity contribution is 7.89. The first-order valence-corrected chi connectivity index (χ1v) is 7.81. The maximum atomic E-state index is 12.3. The van der Waals surface area contributed by atoms with E-state index in [1.54, 1.807) is 26.0 Å². The van der Waals surface area contributed by atoms with Gasteiger partial charge >= 0.3 is 0 Å². The van der Waals surface area contributed by atoms with Crippen molar-refractivity contribution in [1.29, 1.82) is 0 Å².